The monoisotopic (exact) mass is 380 g/mol. The number of amidine groups is 1. The first kappa shape index (κ1) is 20.8. The quantitative estimate of drug-likeness (QED) is 0.224. The molecule has 28 heavy (non-hydrogen) atoms. The predicted octanol–water partition coefficient (Wildman–Crippen LogP) is 2.06. The summed E-state index contributed by atoms with van der Waals surface area (Å²) in [6.45, 7) is 2.90. The summed E-state index contributed by atoms with van der Waals surface area (Å²) in [6, 6.07) is 15.7. The fourth-order valence-electron chi connectivity index (χ4n) is 2.60. The van der Waals surface area contributed by atoms with Gasteiger partial charge in [0.1, 0.15) is 5.76 Å². The SMILES string of the molecule is CC(NCc1ccc(CC(=N)N)cc1)=C(O)Cc1ccc(CN=C(N)N)cc1. The highest BCUT2D eigenvalue weighted by Crippen LogP contribution is 2.12. The minimum absolute atomic E-state index is 0.0693. The summed E-state index contributed by atoms with van der Waals surface area (Å²) in [6.07, 6.45) is 0.900. The predicted molar refractivity (Wildman–Crippen MR) is 114 cm³/mol. The molecule has 0 saturated heterocycles. The Labute approximate surface area is 165 Å². The topological polar surface area (TPSA) is 147 Å². The third-order valence-electron chi connectivity index (χ3n) is 4.25. The van der Waals surface area contributed by atoms with E-state index in [1.54, 1.807) is 0 Å². The average molecular weight is 380 g/mol. The van der Waals surface area contributed by atoms with E-state index in [0.717, 1.165) is 28.0 Å². The van der Waals surface area contributed by atoms with E-state index in [0.29, 0.717) is 31.7 Å². The van der Waals surface area contributed by atoms with Gasteiger partial charge in [-0.1, -0.05) is 48.5 Å². The number of benzene rings is 2. The molecule has 0 bridgehead atoms. The second kappa shape index (κ2) is 10.0. The largest absolute Gasteiger partial charge is 0.510 e. The molecule has 2 rings (SSSR count). The number of allylic oxidation sites excluding steroid dienone is 2. The smallest absolute Gasteiger partial charge is 0.186 e. The molecule has 0 radical (unpaired) electrons. The Kier molecular flexibility index (Phi) is 7.45. The van der Waals surface area contributed by atoms with Gasteiger partial charge in [-0.2, -0.15) is 0 Å². The van der Waals surface area contributed by atoms with Gasteiger partial charge < -0.3 is 27.6 Å². The van der Waals surface area contributed by atoms with Crippen molar-refractivity contribution in [2.45, 2.75) is 32.9 Å². The Balaban J connectivity index is 1.90. The summed E-state index contributed by atoms with van der Waals surface area (Å²) in [4.78, 5) is 3.97. The number of aliphatic hydroxyl groups is 1. The molecule has 2 aromatic carbocycles. The van der Waals surface area contributed by atoms with Crippen LogP contribution in [0.15, 0.2) is 65.0 Å². The number of nitrogens with zero attached hydrogens (tertiary/aromatic N) is 1. The minimum atomic E-state index is 0.0693. The van der Waals surface area contributed by atoms with Crippen LogP contribution in [0.2, 0.25) is 0 Å². The van der Waals surface area contributed by atoms with Gasteiger partial charge in [0.25, 0.3) is 0 Å². The molecule has 0 aliphatic rings. The van der Waals surface area contributed by atoms with Crippen molar-refractivity contribution in [3.8, 4) is 0 Å². The summed E-state index contributed by atoms with van der Waals surface area (Å²) in [5.41, 5.74) is 20.9. The third kappa shape index (κ3) is 7.03. The molecule has 0 saturated carbocycles. The molecular formula is C21H28N6O. The summed E-state index contributed by atoms with van der Waals surface area (Å²) in [5, 5.41) is 20.9. The van der Waals surface area contributed by atoms with E-state index in [1.807, 2.05) is 55.5 Å². The van der Waals surface area contributed by atoms with Gasteiger partial charge in [0.05, 0.1) is 12.4 Å². The van der Waals surface area contributed by atoms with Crippen LogP contribution >= 0.6 is 0 Å². The number of guanidine groups is 1. The van der Waals surface area contributed by atoms with Crippen molar-refractivity contribution in [1.29, 1.82) is 5.41 Å². The summed E-state index contributed by atoms with van der Waals surface area (Å²) < 4.78 is 0. The van der Waals surface area contributed by atoms with Crippen molar-refractivity contribution < 1.29 is 5.11 Å². The van der Waals surface area contributed by atoms with Crippen LogP contribution in [0, 0.1) is 5.41 Å². The first-order valence-electron chi connectivity index (χ1n) is 9.00. The molecule has 0 aliphatic carbocycles. The van der Waals surface area contributed by atoms with Crippen LogP contribution in [0.1, 0.15) is 29.2 Å². The number of hydrogen-bond donors (Lipinski definition) is 6. The van der Waals surface area contributed by atoms with Crippen LogP contribution in [-0.4, -0.2) is 16.9 Å². The highest BCUT2D eigenvalue weighted by molar-refractivity contribution is 5.79. The Morgan fingerprint density at radius 1 is 0.893 bits per heavy atom. The van der Waals surface area contributed by atoms with Gasteiger partial charge in [-0.05, 0) is 29.2 Å². The number of aliphatic imine (C=N–C) groups is 1. The highest BCUT2D eigenvalue weighted by atomic mass is 16.3. The fraction of sp³-hybridized carbons (Fsp3) is 0.238. The lowest BCUT2D eigenvalue weighted by molar-refractivity contribution is 0.385. The molecular weight excluding hydrogens is 352 g/mol. The van der Waals surface area contributed by atoms with Crippen molar-refractivity contribution in [3.63, 3.8) is 0 Å². The molecule has 148 valence electrons. The van der Waals surface area contributed by atoms with Crippen LogP contribution < -0.4 is 22.5 Å². The number of nitrogens with one attached hydrogen (secondary N) is 2. The third-order valence-corrected chi connectivity index (χ3v) is 4.25. The molecule has 0 amide bonds. The molecule has 9 N–H and O–H groups in total. The average Bonchev–Trinajstić information content (AvgIpc) is 2.66. The first-order chi connectivity index (χ1) is 13.3. The number of hydrogen-bond acceptors (Lipinski definition) is 4. The minimum Gasteiger partial charge on any atom is -0.510 e. The molecule has 0 heterocycles. The van der Waals surface area contributed by atoms with E-state index in [1.165, 1.54) is 0 Å². The van der Waals surface area contributed by atoms with Crippen LogP contribution in [0.25, 0.3) is 0 Å². The maximum absolute atomic E-state index is 10.4. The van der Waals surface area contributed by atoms with Crippen LogP contribution in [0.3, 0.4) is 0 Å². The van der Waals surface area contributed by atoms with E-state index in [2.05, 4.69) is 10.3 Å². The number of aliphatic hydroxyl groups excluding tert-OH is 1. The van der Waals surface area contributed by atoms with Crippen molar-refractivity contribution >= 4 is 11.8 Å². The first-order valence-corrected chi connectivity index (χ1v) is 9.00. The number of rotatable bonds is 9. The van der Waals surface area contributed by atoms with Crippen molar-refractivity contribution in [1.82, 2.24) is 5.32 Å². The molecule has 7 heteroatoms. The van der Waals surface area contributed by atoms with Gasteiger partial charge in [-0.15, -0.1) is 0 Å². The molecule has 0 aliphatic heterocycles. The highest BCUT2D eigenvalue weighted by Gasteiger charge is 2.04. The Morgan fingerprint density at radius 3 is 1.93 bits per heavy atom. The van der Waals surface area contributed by atoms with Crippen molar-refractivity contribution in [2.24, 2.45) is 22.2 Å². The fourth-order valence-corrected chi connectivity index (χ4v) is 2.60. The van der Waals surface area contributed by atoms with Crippen LogP contribution in [0.5, 0.6) is 0 Å². The van der Waals surface area contributed by atoms with Gasteiger partial charge >= 0.3 is 0 Å². The van der Waals surface area contributed by atoms with E-state index >= 15 is 0 Å². The molecule has 0 unspecified atom stereocenters. The molecule has 0 atom stereocenters. The van der Waals surface area contributed by atoms with Gasteiger partial charge in [0.2, 0.25) is 0 Å². The maximum atomic E-state index is 10.4. The zero-order chi connectivity index (χ0) is 20.5. The van der Waals surface area contributed by atoms with Gasteiger partial charge in [0, 0.05) is 25.1 Å². The van der Waals surface area contributed by atoms with Crippen molar-refractivity contribution in [3.05, 3.63) is 82.2 Å². The Morgan fingerprint density at radius 2 is 1.39 bits per heavy atom. The molecule has 0 fully saturated rings. The lowest BCUT2D eigenvalue weighted by atomic mass is 10.1. The van der Waals surface area contributed by atoms with E-state index in [4.69, 9.17) is 22.6 Å². The Bertz CT molecular complexity index is 849. The lowest BCUT2D eigenvalue weighted by Crippen LogP contribution is -2.22. The van der Waals surface area contributed by atoms with Gasteiger partial charge in [-0.25, -0.2) is 4.99 Å². The van der Waals surface area contributed by atoms with Crippen molar-refractivity contribution in [2.75, 3.05) is 0 Å². The van der Waals surface area contributed by atoms with E-state index < -0.39 is 0 Å². The second-order valence-corrected chi connectivity index (χ2v) is 6.68. The van der Waals surface area contributed by atoms with E-state index in [-0.39, 0.29) is 11.8 Å². The molecule has 0 spiro atoms. The molecule has 0 aromatic heterocycles. The van der Waals surface area contributed by atoms with Gasteiger partial charge in [0.15, 0.2) is 5.96 Å². The van der Waals surface area contributed by atoms with E-state index in [9.17, 15) is 5.11 Å². The standard InChI is InChI=1S/C21H28N6O/c1-14(26-12-17-8-4-16(5-9-17)11-20(22)23)19(28)10-15-2-6-18(7-3-15)13-27-21(24)25/h2-9,26,28H,10-13H2,1H3,(H3,22,23)(H4,24,25,27). The summed E-state index contributed by atoms with van der Waals surface area (Å²) >= 11 is 0. The molecule has 2 aromatic rings. The summed E-state index contributed by atoms with van der Waals surface area (Å²) in [7, 11) is 0. The van der Waals surface area contributed by atoms with Gasteiger partial charge in [-0.3, -0.25) is 5.41 Å². The van der Waals surface area contributed by atoms with Crippen LogP contribution in [-0.2, 0) is 25.9 Å². The zero-order valence-electron chi connectivity index (χ0n) is 16.1. The number of nitrogens with two attached hydrogens (primary N) is 3. The zero-order valence-corrected chi connectivity index (χ0v) is 16.1. The lowest BCUT2D eigenvalue weighted by Gasteiger charge is -2.11. The summed E-state index contributed by atoms with van der Waals surface area (Å²) in [5.74, 6) is 0.517. The maximum Gasteiger partial charge on any atom is 0.186 e. The Hall–Kier alpha value is -3.48. The van der Waals surface area contributed by atoms with Crippen LogP contribution in [0.4, 0.5) is 0 Å². The normalized spacial score (nSPS) is 11.5. The second-order valence-electron chi connectivity index (χ2n) is 6.68. The molecule has 7 nitrogen and oxygen atoms in total.